The van der Waals surface area contributed by atoms with Gasteiger partial charge in [-0.25, -0.2) is 0 Å². The molecule has 10 heteroatoms. The molecule has 0 N–H and O–H groups in total. The Kier molecular flexibility index (Phi) is 16.4. The molecule has 46 heavy (non-hydrogen) atoms. The second kappa shape index (κ2) is 18.5. The summed E-state index contributed by atoms with van der Waals surface area (Å²) in [6, 6.07) is 7.60. The minimum Gasteiger partial charge on any atom is -0.497 e. The van der Waals surface area contributed by atoms with Crippen molar-refractivity contribution in [1.82, 2.24) is 0 Å². The van der Waals surface area contributed by atoms with Crippen molar-refractivity contribution < 1.29 is 37.6 Å². The third kappa shape index (κ3) is 11.7. The van der Waals surface area contributed by atoms with Gasteiger partial charge in [-0.1, -0.05) is 71.9 Å². The van der Waals surface area contributed by atoms with Crippen molar-refractivity contribution in [3.05, 3.63) is 51.6 Å². The van der Waals surface area contributed by atoms with Gasteiger partial charge < -0.3 is 32.8 Å². The summed E-state index contributed by atoms with van der Waals surface area (Å²) < 4.78 is 43.3. The Bertz CT molecular complexity index is 1130. The Morgan fingerprint density at radius 2 is 1.65 bits per heavy atom. The van der Waals surface area contributed by atoms with Crippen LogP contribution in [0.1, 0.15) is 73.7 Å². The van der Waals surface area contributed by atoms with Crippen LogP contribution in [0.15, 0.2) is 46.1 Å². The summed E-state index contributed by atoms with van der Waals surface area (Å²) in [7, 11) is 2.62. The van der Waals surface area contributed by atoms with Crippen LogP contribution >= 0.6 is 22.6 Å². The van der Waals surface area contributed by atoms with E-state index in [1.165, 1.54) is 10.7 Å². The van der Waals surface area contributed by atoms with Crippen molar-refractivity contribution in [2.45, 2.75) is 111 Å². The van der Waals surface area contributed by atoms with Crippen LogP contribution in [0.3, 0.4) is 0 Å². The predicted octanol–water partition coefficient (Wildman–Crippen LogP) is 8.86. The van der Waals surface area contributed by atoms with Gasteiger partial charge in [0.15, 0.2) is 14.6 Å². The number of ether oxygens (including phenoxy) is 6. The van der Waals surface area contributed by atoms with Gasteiger partial charge in [0.1, 0.15) is 12.5 Å². The number of methoxy groups -OCH3 is 3. The quantitative estimate of drug-likeness (QED) is 0.0542. The molecule has 1 saturated heterocycles. The molecule has 0 saturated carbocycles. The summed E-state index contributed by atoms with van der Waals surface area (Å²) >= 11 is 2.37. The first-order valence-corrected chi connectivity index (χ1v) is 20.3. The van der Waals surface area contributed by atoms with Crippen LogP contribution in [0.5, 0.6) is 5.75 Å². The van der Waals surface area contributed by atoms with Gasteiger partial charge in [0.25, 0.3) is 0 Å². The van der Waals surface area contributed by atoms with Gasteiger partial charge in [0.2, 0.25) is 0 Å². The van der Waals surface area contributed by atoms with Gasteiger partial charge in [-0.3, -0.25) is 4.79 Å². The van der Waals surface area contributed by atoms with Crippen LogP contribution in [0.2, 0.25) is 18.1 Å². The molecule has 1 aromatic carbocycles. The van der Waals surface area contributed by atoms with Crippen LogP contribution < -0.4 is 4.74 Å². The van der Waals surface area contributed by atoms with E-state index >= 15 is 0 Å². The molecule has 0 amide bonds. The van der Waals surface area contributed by atoms with E-state index in [-0.39, 0.29) is 53.9 Å². The number of benzene rings is 1. The maximum Gasteiger partial charge on any atom is 0.311 e. The van der Waals surface area contributed by atoms with Crippen molar-refractivity contribution in [1.29, 1.82) is 0 Å². The van der Waals surface area contributed by atoms with E-state index in [0.29, 0.717) is 6.42 Å². The van der Waals surface area contributed by atoms with Gasteiger partial charge in [-0.05, 0) is 76.2 Å². The third-order valence-electron chi connectivity index (χ3n) is 9.40. The summed E-state index contributed by atoms with van der Waals surface area (Å²) in [5, 5.41) is 0.0937. The lowest BCUT2D eigenvalue weighted by molar-refractivity contribution is -0.284. The van der Waals surface area contributed by atoms with Gasteiger partial charge in [0.05, 0.1) is 44.6 Å². The Morgan fingerprint density at radius 3 is 2.17 bits per heavy atom. The van der Waals surface area contributed by atoms with Crippen molar-refractivity contribution in [3.63, 3.8) is 0 Å². The van der Waals surface area contributed by atoms with Crippen molar-refractivity contribution in [2.75, 3.05) is 28.1 Å². The standard InChI is InChI=1S/C36H59IO8Si/c1-23(32(24(2)20-25(3)37)45-46(12,13)36(6,7)8)14-17-30(42-22-39-9)21-31-26(4)33(27(5)34(38)41-11)44-35(43-31)28-15-18-29(40-10)19-16-28/h14-20,23-24,26-27,30-33,35H,21-22H2,1-13H3/b17-14?,25-20+/t23-,24-,26-,27+,30+,31-,32-,33-,35-/m0/s1. The van der Waals surface area contributed by atoms with Crippen LogP contribution in [-0.2, 0) is 32.9 Å². The Morgan fingerprint density at radius 1 is 1.02 bits per heavy atom. The van der Waals surface area contributed by atoms with E-state index in [1.54, 1.807) is 14.2 Å². The van der Waals surface area contributed by atoms with E-state index in [0.717, 1.165) is 11.3 Å². The summed E-state index contributed by atoms with van der Waals surface area (Å²) in [6.45, 7) is 22.1. The highest BCUT2D eigenvalue weighted by atomic mass is 127. The fourth-order valence-electron chi connectivity index (χ4n) is 5.54. The van der Waals surface area contributed by atoms with E-state index in [4.69, 9.17) is 32.8 Å². The molecular weight excluding hydrogens is 715 g/mol. The van der Waals surface area contributed by atoms with Crippen molar-refractivity contribution >= 4 is 36.9 Å². The Hall–Kier alpha value is -1.28. The number of carbonyl (C=O) groups is 1. The summed E-state index contributed by atoms with van der Waals surface area (Å²) in [4.78, 5) is 12.7. The minimum absolute atomic E-state index is 0.00734. The summed E-state index contributed by atoms with van der Waals surface area (Å²) in [6.07, 6.45) is 5.51. The van der Waals surface area contributed by atoms with Gasteiger partial charge in [0, 0.05) is 30.9 Å². The topological polar surface area (TPSA) is 81.7 Å². The molecule has 0 aromatic heterocycles. The molecule has 0 bridgehead atoms. The van der Waals surface area contributed by atoms with Crippen molar-refractivity contribution in [3.8, 4) is 5.75 Å². The largest absolute Gasteiger partial charge is 0.497 e. The molecule has 2 rings (SSSR count). The highest BCUT2D eigenvalue weighted by Gasteiger charge is 2.44. The number of halogens is 1. The molecule has 8 nitrogen and oxygen atoms in total. The Labute approximate surface area is 293 Å². The number of allylic oxidation sites excluding steroid dienone is 1. The fourth-order valence-corrected chi connectivity index (χ4v) is 7.57. The zero-order chi connectivity index (χ0) is 34.8. The molecule has 1 aromatic rings. The monoisotopic (exact) mass is 774 g/mol. The fraction of sp³-hybridized carbons (Fsp3) is 0.694. The molecule has 1 fully saturated rings. The highest BCUT2D eigenvalue weighted by molar-refractivity contribution is 14.1. The average Bonchev–Trinajstić information content (AvgIpc) is 3.00. The maximum atomic E-state index is 12.7. The molecule has 0 radical (unpaired) electrons. The number of hydrogen-bond donors (Lipinski definition) is 0. The first-order valence-electron chi connectivity index (χ1n) is 16.3. The van der Waals surface area contributed by atoms with Gasteiger partial charge in [-0.15, -0.1) is 0 Å². The first kappa shape index (κ1) is 40.9. The first-order chi connectivity index (χ1) is 21.4. The van der Waals surface area contributed by atoms with E-state index in [2.05, 4.69) is 102 Å². The number of hydrogen-bond acceptors (Lipinski definition) is 8. The third-order valence-corrected chi connectivity index (χ3v) is 14.2. The second-order valence-electron chi connectivity index (χ2n) is 14.1. The minimum atomic E-state index is -2.04. The normalized spacial score (nSPS) is 24.7. The number of carbonyl (C=O) groups excluding carboxylic acids is 1. The molecule has 9 atom stereocenters. The van der Waals surface area contributed by atoms with Gasteiger partial charge in [-0.2, -0.15) is 0 Å². The lowest BCUT2D eigenvalue weighted by Gasteiger charge is -2.43. The van der Waals surface area contributed by atoms with Crippen LogP contribution in [0, 0.1) is 23.7 Å². The smallest absolute Gasteiger partial charge is 0.311 e. The SMILES string of the molecule is COCO[C@H](C=C[C@H](C)[C@H](O[Si](C)(C)C(C)(C)C)[C@@H](C)/C=C(\C)I)C[C@@H]1O[C@H](c2ccc(OC)cc2)O[C@H]([C@@H](C)C(=O)OC)[C@H]1C. The second-order valence-corrected chi connectivity index (χ2v) is 20.6. The molecule has 0 unspecified atom stereocenters. The number of rotatable bonds is 16. The van der Waals surface area contributed by atoms with E-state index < -0.39 is 26.6 Å². The molecule has 0 spiro atoms. The number of esters is 1. The van der Waals surface area contributed by atoms with Crippen LogP contribution in [0.25, 0.3) is 0 Å². The molecule has 262 valence electrons. The molecule has 1 heterocycles. The molecular formula is C36H59IO8Si. The molecule has 0 aliphatic carbocycles. The summed E-state index contributed by atoms with van der Waals surface area (Å²) in [5.74, 6) is 0.181. The lowest BCUT2D eigenvalue weighted by atomic mass is 9.85. The zero-order valence-electron chi connectivity index (χ0n) is 30.3. The predicted molar refractivity (Wildman–Crippen MR) is 195 cm³/mol. The summed E-state index contributed by atoms with van der Waals surface area (Å²) in [5.41, 5.74) is 0.844. The zero-order valence-corrected chi connectivity index (χ0v) is 33.5. The highest BCUT2D eigenvalue weighted by Crippen LogP contribution is 2.41. The van der Waals surface area contributed by atoms with E-state index in [9.17, 15) is 4.79 Å². The molecule has 1 aliphatic rings. The van der Waals surface area contributed by atoms with E-state index in [1.807, 2.05) is 31.2 Å². The average molecular weight is 775 g/mol. The Balaban J connectivity index is 2.40. The maximum absolute atomic E-state index is 12.7. The lowest BCUT2D eigenvalue weighted by Crippen LogP contribution is -2.48. The van der Waals surface area contributed by atoms with Gasteiger partial charge >= 0.3 is 5.97 Å². The van der Waals surface area contributed by atoms with Crippen LogP contribution in [-0.4, -0.2) is 66.8 Å². The van der Waals surface area contributed by atoms with Crippen LogP contribution in [0.4, 0.5) is 0 Å². The molecule has 1 aliphatic heterocycles. The van der Waals surface area contributed by atoms with Crippen molar-refractivity contribution in [2.24, 2.45) is 23.7 Å².